The number of carboxylic acid groups (broad SMARTS) is 1. The van der Waals surface area contributed by atoms with Crippen LogP contribution in [0, 0.1) is 0 Å². The molecule has 1 aromatic carbocycles. The van der Waals surface area contributed by atoms with Crippen molar-refractivity contribution in [3.05, 3.63) is 35.9 Å². The first-order chi connectivity index (χ1) is 6.20. The summed E-state index contributed by atoms with van der Waals surface area (Å²) in [6.07, 6.45) is 0.561. The van der Waals surface area contributed by atoms with Gasteiger partial charge in [-0.15, -0.1) is 0 Å². The summed E-state index contributed by atoms with van der Waals surface area (Å²) in [5.74, 6) is -2.08. The van der Waals surface area contributed by atoms with E-state index in [-0.39, 0.29) is 37.4 Å². The van der Waals surface area contributed by atoms with E-state index in [9.17, 15) is 9.59 Å². The van der Waals surface area contributed by atoms with Crippen molar-refractivity contribution in [2.45, 2.75) is 12.8 Å². The summed E-state index contributed by atoms with van der Waals surface area (Å²) < 4.78 is 0. The number of aliphatic carboxylic acids is 1. The molecule has 0 aliphatic rings. The molecule has 0 aromatic heterocycles. The smallest absolute Gasteiger partial charge is 1.00 e. The van der Waals surface area contributed by atoms with Gasteiger partial charge in [0.15, 0.2) is 0 Å². The Morgan fingerprint density at radius 3 is 2.29 bits per heavy atom. The van der Waals surface area contributed by atoms with Crippen LogP contribution in [0.3, 0.4) is 0 Å². The molecule has 0 amide bonds. The molecule has 4 heteroatoms. The maximum absolute atomic E-state index is 10.7. The number of hydrogen-bond acceptors (Lipinski definition) is 2. The first kappa shape index (κ1) is 13.4. The van der Waals surface area contributed by atoms with Crippen molar-refractivity contribution in [2.24, 2.45) is 0 Å². The van der Waals surface area contributed by atoms with Gasteiger partial charge >= 0.3 is 35.5 Å². The monoisotopic (exact) mass is 202 g/mol. The Morgan fingerprint density at radius 2 is 1.79 bits per heavy atom. The number of rotatable bonds is 4. The zero-order chi connectivity index (χ0) is 9.68. The van der Waals surface area contributed by atoms with Gasteiger partial charge in [0.25, 0.3) is 0 Å². The maximum Gasteiger partial charge on any atom is 1.00 e. The van der Waals surface area contributed by atoms with Crippen molar-refractivity contribution in [3.63, 3.8) is 0 Å². The van der Waals surface area contributed by atoms with E-state index in [2.05, 4.69) is 0 Å². The summed E-state index contributed by atoms with van der Waals surface area (Å²) >= 11 is 0. The molecule has 0 radical (unpaired) electrons. The summed E-state index contributed by atoms with van der Waals surface area (Å²) in [5.41, 5.74) is 0.983. The van der Waals surface area contributed by atoms with Crippen molar-refractivity contribution in [1.29, 1.82) is 0 Å². The minimum absolute atomic E-state index is 0. The van der Waals surface area contributed by atoms with Crippen molar-refractivity contribution < 1.29 is 45.7 Å². The third-order valence-corrected chi connectivity index (χ3v) is 1.72. The van der Waals surface area contributed by atoms with Gasteiger partial charge in [0.2, 0.25) is 5.78 Å². The molecule has 1 aromatic rings. The molecule has 0 unspecified atom stereocenters. The molecule has 0 heterocycles. The second-order valence-corrected chi connectivity index (χ2v) is 2.71. The van der Waals surface area contributed by atoms with Gasteiger partial charge in [-0.2, -0.15) is 0 Å². The molecule has 70 valence electrons. The first-order valence-electron chi connectivity index (χ1n) is 4.00. The number of ketones is 1. The van der Waals surface area contributed by atoms with Crippen LogP contribution in [0.4, 0.5) is 0 Å². The van der Waals surface area contributed by atoms with E-state index in [1.54, 1.807) is 0 Å². The second-order valence-electron chi connectivity index (χ2n) is 2.71. The minimum atomic E-state index is -1.35. The summed E-state index contributed by atoms with van der Waals surface area (Å²) in [6, 6.07) is 9.34. The number of carboxylic acids is 1. The zero-order valence-electron chi connectivity index (χ0n) is 9.06. The minimum Gasteiger partial charge on any atom is -1.00 e. The maximum atomic E-state index is 10.7. The van der Waals surface area contributed by atoms with E-state index in [4.69, 9.17) is 5.11 Å². The summed E-state index contributed by atoms with van der Waals surface area (Å²) in [7, 11) is 0. The number of carbonyl (C=O) groups excluding carboxylic acids is 1. The number of hydrogen-bond donors (Lipinski definition) is 1. The fourth-order valence-electron chi connectivity index (χ4n) is 1.01. The van der Waals surface area contributed by atoms with Gasteiger partial charge in [-0.3, -0.25) is 4.79 Å². The van der Waals surface area contributed by atoms with Gasteiger partial charge < -0.3 is 6.53 Å². The summed E-state index contributed by atoms with van der Waals surface area (Å²) in [4.78, 5) is 20.9. The molecule has 0 aliphatic carbocycles. The Bertz CT molecular complexity index is 314. The Balaban J connectivity index is 0. The van der Waals surface area contributed by atoms with Crippen LogP contribution < -0.4 is 29.6 Å². The van der Waals surface area contributed by atoms with Crippen LogP contribution in [0.15, 0.2) is 30.3 Å². The molecule has 0 saturated heterocycles. The number of carbonyl (C=O) groups is 2. The van der Waals surface area contributed by atoms with Crippen molar-refractivity contribution in [2.75, 3.05) is 0 Å². The van der Waals surface area contributed by atoms with Gasteiger partial charge in [-0.25, -0.2) is 4.79 Å². The number of benzene rings is 1. The van der Waals surface area contributed by atoms with E-state index in [1.807, 2.05) is 30.3 Å². The van der Waals surface area contributed by atoms with Crippen molar-refractivity contribution >= 4 is 11.8 Å². The van der Waals surface area contributed by atoms with Crippen LogP contribution in [0.2, 0.25) is 0 Å². The first-order valence-corrected chi connectivity index (χ1v) is 4.00. The third-order valence-electron chi connectivity index (χ3n) is 1.72. The number of aryl methyl sites for hydroxylation is 1. The molecule has 1 N–H and O–H groups in total. The topological polar surface area (TPSA) is 54.4 Å². The molecule has 1 rings (SSSR count). The van der Waals surface area contributed by atoms with Crippen molar-refractivity contribution in [1.82, 2.24) is 0 Å². The largest absolute Gasteiger partial charge is 1.00 e. The molecule has 0 saturated carbocycles. The standard InChI is InChI=1S/C10H10O3.Na.H/c11-9(10(12)13)7-6-8-4-2-1-3-5-8;;/h1-5H,6-7H2,(H,12,13);;/q;+1;-1. The van der Waals surface area contributed by atoms with Gasteiger partial charge in [-0.05, 0) is 12.0 Å². The Hall–Kier alpha value is -0.640. The predicted molar refractivity (Wildman–Crippen MR) is 48.5 cm³/mol. The Morgan fingerprint density at radius 1 is 1.21 bits per heavy atom. The SMILES string of the molecule is O=C(O)C(=O)CCc1ccccc1.[H-].[Na+]. The van der Waals surface area contributed by atoms with Crippen LogP contribution in [0.1, 0.15) is 13.4 Å². The molecule has 0 bridgehead atoms. The molecular formula is C10H11NaO3. The number of Topliss-reactive ketones (excluding diaryl/α,β-unsaturated/α-hetero) is 1. The second kappa shape index (κ2) is 6.76. The van der Waals surface area contributed by atoms with Gasteiger partial charge in [0, 0.05) is 6.42 Å². The molecule has 14 heavy (non-hydrogen) atoms. The van der Waals surface area contributed by atoms with Crippen LogP contribution in [-0.2, 0) is 16.0 Å². The molecule has 3 nitrogen and oxygen atoms in total. The Kier molecular flexibility index (Phi) is 6.45. The van der Waals surface area contributed by atoms with E-state index in [1.165, 1.54) is 0 Å². The van der Waals surface area contributed by atoms with Gasteiger partial charge in [0.05, 0.1) is 0 Å². The fraction of sp³-hybridized carbons (Fsp3) is 0.200. The molecule has 0 aliphatic heterocycles. The molecule has 0 spiro atoms. The summed E-state index contributed by atoms with van der Waals surface area (Å²) in [6.45, 7) is 0. The van der Waals surface area contributed by atoms with Crippen LogP contribution in [0.25, 0.3) is 0 Å². The van der Waals surface area contributed by atoms with Gasteiger partial charge in [-0.1, -0.05) is 30.3 Å². The quantitative estimate of drug-likeness (QED) is 0.472. The normalized spacial score (nSPS) is 8.86. The van der Waals surface area contributed by atoms with Crippen molar-refractivity contribution in [3.8, 4) is 0 Å². The molecule has 0 atom stereocenters. The molecular weight excluding hydrogens is 191 g/mol. The summed E-state index contributed by atoms with van der Waals surface area (Å²) in [5, 5.41) is 8.31. The third kappa shape index (κ3) is 4.56. The van der Waals surface area contributed by atoms with Crippen LogP contribution in [0.5, 0.6) is 0 Å². The van der Waals surface area contributed by atoms with E-state index in [0.717, 1.165) is 5.56 Å². The fourth-order valence-corrected chi connectivity index (χ4v) is 1.01. The van der Waals surface area contributed by atoms with Crippen LogP contribution >= 0.6 is 0 Å². The predicted octanol–water partition coefficient (Wildman–Crippen LogP) is -1.61. The average Bonchev–Trinajstić information content (AvgIpc) is 2.15. The van der Waals surface area contributed by atoms with E-state index < -0.39 is 11.8 Å². The van der Waals surface area contributed by atoms with E-state index in [0.29, 0.717) is 6.42 Å². The van der Waals surface area contributed by atoms with Gasteiger partial charge in [0.1, 0.15) is 0 Å². The average molecular weight is 202 g/mol. The Labute approximate surface area is 106 Å². The van der Waals surface area contributed by atoms with Crippen LogP contribution in [-0.4, -0.2) is 16.9 Å². The van der Waals surface area contributed by atoms with E-state index >= 15 is 0 Å². The zero-order valence-corrected chi connectivity index (χ0v) is 10.1. The molecule has 0 fully saturated rings.